The van der Waals surface area contributed by atoms with Gasteiger partial charge in [-0.2, -0.15) is 8.78 Å². The standard InChI is InChI=1S/C10H16F4N2O/c1-6-2-3-7(4-15)5-16(6)9(17)10(13,14)8(11)12/h6-8H,2-5,15H2,1H3. The van der Waals surface area contributed by atoms with Crippen LogP contribution in [0.2, 0.25) is 0 Å². The van der Waals surface area contributed by atoms with Gasteiger partial charge in [-0.1, -0.05) is 0 Å². The summed E-state index contributed by atoms with van der Waals surface area (Å²) in [5.74, 6) is -6.49. The summed E-state index contributed by atoms with van der Waals surface area (Å²) in [6.45, 7) is 1.86. The first-order chi connectivity index (χ1) is 7.80. The molecule has 0 aliphatic carbocycles. The van der Waals surface area contributed by atoms with Crippen LogP contribution >= 0.6 is 0 Å². The van der Waals surface area contributed by atoms with Crippen molar-refractivity contribution in [3.63, 3.8) is 0 Å². The minimum Gasteiger partial charge on any atom is -0.334 e. The third-order valence-electron chi connectivity index (χ3n) is 3.13. The summed E-state index contributed by atoms with van der Waals surface area (Å²) in [6.07, 6.45) is -2.74. The highest BCUT2D eigenvalue weighted by Gasteiger charge is 2.52. The van der Waals surface area contributed by atoms with Crippen molar-refractivity contribution in [2.45, 2.75) is 38.2 Å². The van der Waals surface area contributed by atoms with Crippen LogP contribution in [0, 0.1) is 5.92 Å². The number of alkyl halides is 4. The van der Waals surface area contributed by atoms with Crippen molar-refractivity contribution < 1.29 is 22.4 Å². The van der Waals surface area contributed by atoms with Crippen LogP contribution in [-0.4, -0.2) is 42.3 Å². The maximum atomic E-state index is 13.0. The summed E-state index contributed by atoms with van der Waals surface area (Å²) in [6, 6.07) is -0.449. The van der Waals surface area contributed by atoms with Gasteiger partial charge in [-0.25, -0.2) is 8.78 Å². The molecule has 1 saturated heterocycles. The molecule has 1 aliphatic heterocycles. The lowest BCUT2D eigenvalue weighted by Gasteiger charge is -2.39. The number of amides is 1. The predicted molar refractivity (Wildman–Crippen MR) is 53.9 cm³/mol. The molecule has 2 N–H and O–H groups in total. The molecule has 1 heterocycles. The summed E-state index contributed by atoms with van der Waals surface area (Å²) < 4.78 is 50.1. The Labute approximate surface area is 96.9 Å². The lowest BCUT2D eigenvalue weighted by Crippen LogP contribution is -2.55. The molecule has 0 saturated carbocycles. The first-order valence-corrected chi connectivity index (χ1v) is 5.47. The van der Waals surface area contributed by atoms with E-state index >= 15 is 0 Å². The zero-order chi connectivity index (χ0) is 13.2. The first-order valence-electron chi connectivity index (χ1n) is 5.47. The number of hydrogen-bond donors (Lipinski definition) is 1. The zero-order valence-electron chi connectivity index (χ0n) is 9.51. The van der Waals surface area contributed by atoms with Crippen molar-refractivity contribution in [2.24, 2.45) is 11.7 Å². The SMILES string of the molecule is CC1CCC(CN)CN1C(=O)C(F)(F)C(F)F. The molecule has 1 aliphatic rings. The van der Waals surface area contributed by atoms with Crippen LogP contribution in [0.25, 0.3) is 0 Å². The Hall–Kier alpha value is -0.850. The summed E-state index contributed by atoms with van der Waals surface area (Å²) in [5.41, 5.74) is 5.41. The van der Waals surface area contributed by atoms with E-state index in [9.17, 15) is 22.4 Å². The zero-order valence-corrected chi connectivity index (χ0v) is 9.51. The molecule has 100 valence electrons. The first kappa shape index (κ1) is 14.2. The molecule has 0 aromatic heterocycles. The minimum absolute atomic E-state index is 0.0266. The smallest absolute Gasteiger partial charge is 0.334 e. The largest absolute Gasteiger partial charge is 0.383 e. The van der Waals surface area contributed by atoms with E-state index in [1.165, 1.54) is 0 Å². The highest BCUT2D eigenvalue weighted by Crippen LogP contribution is 2.30. The van der Waals surface area contributed by atoms with Crippen molar-refractivity contribution in [1.82, 2.24) is 4.90 Å². The molecule has 1 fully saturated rings. The van der Waals surface area contributed by atoms with Gasteiger partial charge in [0.1, 0.15) is 0 Å². The van der Waals surface area contributed by atoms with Crippen molar-refractivity contribution in [3.8, 4) is 0 Å². The normalized spacial score (nSPS) is 26.4. The van der Waals surface area contributed by atoms with Gasteiger partial charge in [-0.05, 0) is 32.2 Å². The van der Waals surface area contributed by atoms with Gasteiger partial charge in [0.25, 0.3) is 5.91 Å². The van der Waals surface area contributed by atoms with Gasteiger partial charge in [0.05, 0.1) is 0 Å². The molecular weight excluding hydrogens is 240 g/mol. The molecule has 0 bridgehead atoms. The summed E-state index contributed by atoms with van der Waals surface area (Å²) in [7, 11) is 0. The van der Waals surface area contributed by atoms with Crippen molar-refractivity contribution in [3.05, 3.63) is 0 Å². The number of likely N-dealkylation sites (tertiary alicyclic amines) is 1. The third-order valence-corrected chi connectivity index (χ3v) is 3.13. The third kappa shape index (κ3) is 2.88. The Balaban J connectivity index is 2.79. The van der Waals surface area contributed by atoms with E-state index in [1.54, 1.807) is 6.92 Å². The van der Waals surface area contributed by atoms with E-state index in [-0.39, 0.29) is 19.0 Å². The Bertz CT molecular complexity index is 285. The Kier molecular flexibility index (Phi) is 4.35. The van der Waals surface area contributed by atoms with Crippen LogP contribution in [0.15, 0.2) is 0 Å². The van der Waals surface area contributed by atoms with Crippen LogP contribution in [0.3, 0.4) is 0 Å². The number of piperidine rings is 1. The molecular formula is C10H16F4N2O. The van der Waals surface area contributed by atoms with Crippen LogP contribution in [-0.2, 0) is 4.79 Å². The molecule has 7 heteroatoms. The maximum Gasteiger partial charge on any atom is 0.383 e. The van der Waals surface area contributed by atoms with Gasteiger partial charge in [-0.15, -0.1) is 0 Å². The van der Waals surface area contributed by atoms with Gasteiger partial charge < -0.3 is 10.6 Å². The van der Waals surface area contributed by atoms with Gasteiger partial charge in [0.15, 0.2) is 0 Å². The highest BCUT2D eigenvalue weighted by atomic mass is 19.3. The molecule has 1 amide bonds. The fourth-order valence-electron chi connectivity index (χ4n) is 1.94. The molecule has 2 atom stereocenters. The highest BCUT2D eigenvalue weighted by molar-refractivity contribution is 5.84. The molecule has 2 unspecified atom stereocenters. The van der Waals surface area contributed by atoms with Gasteiger partial charge in [-0.3, -0.25) is 4.79 Å². The van der Waals surface area contributed by atoms with E-state index < -0.39 is 24.3 Å². The van der Waals surface area contributed by atoms with Gasteiger partial charge >= 0.3 is 12.3 Å². The number of rotatable bonds is 3. The van der Waals surface area contributed by atoms with Crippen LogP contribution in [0.5, 0.6) is 0 Å². The molecule has 3 nitrogen and oxygen atoms in total. The second-order valence-electron chi connectivity index (χ2n) is 4.41. The monoisotopic (exact) mass is 256 g/mol. The van der Waals surface area contributed by atoms with E-state index in [0.717, 1.165) is 11.3 Å². The topological polar surface area (TPSA) is 46.3 Å². The fourth-order valence-corrected chi connectivity index (χ4v) is 1.94. The number of nitrogens with zero attached hydrogens (tertiary/aromatic N) is 1. The Morgan fingerprint density at radius 3 is 2.53 bits per heavy atom. The summed E-state index contributed by atoms with van der Waals surface area (Å²) in [4.78, 5) is 12.2. The molecule has 0 aromatic carbocycles. The van der Waals surface area contributed by atoms with E-state index in [1.807, 2.05) is 0 Å². The average molecular weight is 256 g/mol. The molecule has 0 spiro atoms. The number of hydrogen-bond acceptors (Lipinski definition) is 2. The molecule has 0 aromatic rings. The Morgan fingerprint density at radius 1 is 1.47 bits per heavy atom. The predicted octanol–water partition coefficient (Wildman–Crippen LogP) is 1.47. The van der Waals surface area contributed by atoms with Crippen LogP contribution in [0.1, 0.15) is 19.8 Å². The number of nitrogens with two attached hydrogens (primary N) is 1. The molecule has 17 heavy (non-hydrogen) atoms. The van der Waals surface area contributed by atoms with Crippen LogP contribution < -0.4 is 5.73 Å². The second-order valence-corrected chi connectivity index (χ2v) is 4.41. The fraction of sp³-hybridized carbons (Fsp3) is 0.900. The Morgan fingerprint density at radius 2 is 2.06 bits per heavy atom. The lowest BCUT2D eigenvalue weighted by atomic mass is 9.93. The second kappa shape index (κ2) is 5.20. The van der Waals surface area contributed by atoms with Crippen molar-refractivity contribution in [2.75, 3.05) is 13.1 Å². The van der Waals surface area contributed by atoms with Crippen LogP contribution in [0.4, 0.5) is 17.6 Å². The number of carbonyl (C=O) groups excluding carboxylic acids is 1. The number of halogens is 4. The lowest BCUT2D eigenvalue weighted by molar-refractivity contribution is -0.184. The average Bonchev–Trinajstić information content (AvgIpc) is 2.28. The minimum atomic E-state index is -4.61. The summed E-state index contributed by atoms with van der Waals surface area (Å²) >= 11 is 0. The molecule has 1 rings (SSSR count). The summed E-state index contributed by atoms with van der Waals surface area (Å²) in [5, 5.41) is 0. The van der Waals surface area contributed by atoms with E-state index in [4.69, 9.17) is 5.73 Å². The number of carbonyl (C=O) groups is 1. The maximum absolute atomic E-state index is 13.0. The van der Waals surface area contributed by atoms with Gasteiger partial charge in [0.2, 0.25) is 0 Å². The van der Waals surface area contributed by atoms with E-state index in [2.05, 4.69) is 0 Å². The molecule has 0 radical (unpaired) electrons. The van der Waals surface area contributed by atoms with Crippen molar-refractivity contribution >= 4 is 5.91 Å². The van der Waals surface area contributed by atoms with Crippen molar-refractivity contribution in [1.29, 1.82) is 0 Å². The van der Waals surface area contributed by atoms with E-state index in [0.29, 0.717) is 6.42 Å². The quantitative estimate of drug-likeness (QED) is 0.777. The van der Waals surface area contributed by atoms with Gasteiger partial charge in [0, 0.05) is 12.6 Å².